The van der Waals surface area contributed by atoms with Crippen LogP contribution in [0.3, 0.4) is 0 Å². The SMILES string of the molecule is Cc1cccc(-c2ccc3ncc(CC(=O)c4cn(C)cn4)n3c2)c1C. The van der Waals surface area contributed by atoms with E-state index in [9.17, 15) is 4.79 Å². The molecule has 3 aromatic heterocycles. The summed E-state index contributed by atoms with van der Waals surface area (Å²) in [5.74, 6) is -0.00969. The van der Waals surface area contributed by atoms with Crippen LogP contribution in [0.2, 0.25) is 0 Å². The Balaban J connectivity index is 1.73. The van der Waals surface area contributed by atoms with Gasteiger partial charge in [-0.05, 0) is 48.2 Å². The highest BCUT2D eigenvalue weighted by molar-refractivity contribution is 5.95. The quantitative estimate of drug-likeness (QED) is 0.530. The first-order chi connectivity index (χ1) is 12.5. The maximum Gasteiger partial charge on any atom is 0.188 e. The number of aromatic nitrogens is 4. The first kappa shape index (κ1) is 16.3. The number of aryl methyl sites for hydroxylation is 2. The first-order valence-electron chi connectivity index (χ1n) is 8.56. The predicted molar refractivity (Wildman–Crippen MR) is 101 cm³/mol. The Morgan fingerprint density at radius 2 is 1.92 bits per heavy atom. The molecule has 0 bridgehead atoms. The lowest BCUT2D eigenvalue weighted by Gasteiger charge is -2.10. The Bertz CT molecular complexity index is 1120. The molecule has 0 unspecified atom stereocenters. The van der Waals surface area contributed by atoms with Gasteiger partial charge in [-0.3, -0.25) is 4.79 Å². The van der Waals surface area contributed by atoms with Crippen LogP contribution in [0.4, 0.5) is 0 Å². The number of fused-ring (bicyclic) bond motifs is 1. The number of Topliss-reactive ketones (excluding diaryl/α,β-unsaturated/α-hetero) is 1. The molecule has 0 fully saturated rings. The second-order valence-corrected chi connectivity index (χ2v) is 6.67. The predicted octanol–water partition coefficient (Wildman–Crippen LogP) is 3.78. The molecule has 1 aromatic carbocycles. The molecule has 0 saturated carbocycles. The molecule has 0 amide bonds. The third-order valence-corrected chi connectivity index (χ3v) is 4.83. The normalized spacial score (nSPS) is 11.2. The number of ketones is 1. The summed E-state index contributed by atoms with van der Waals surface area (Å²) in [6.45, 7) is 4.25. The third-order valence-electron chi connectivity index (χ3n) is 4.83. The number of hydrogen-bond donors (Lipinski definition) is 0. The average Bonchev–Trinajstić information content (AvgIpc) is 3.23. The highest BCUT2D eigenvalue weighted by atomic mass is 16.1. The Morgan fingerprint density at radius 1 is 1.08 bits per heavy atom. The van der Waals surface area contributed by atoms with Crippen LogP contribution < -0.4 is 0 Å². The maximum atomic E-state index is 12.5. The van der Waals surface area contributed by atoms with E-state index in [1.54, 1.807) is 23.3 Å². The summed E-state index contributed by atoms with van der Waals surface area (Å²) in [5.41, 5.74) is 7.02. The van der Waals surface area contributed by atoms with Crippen molar-refractivity contribution in [2.45, 2.75) is 20.3 Å². The minimum absolute atomic E-state index is 0.00969. The molecule has 0 radical (unpaired) electrons. The molecular formula is C21H20N4O. The van der Waals surface area contributed by atoms with Gasteiger partial charge in [0.25, 0.3) is 0 Å². The van der Waals surface area contributed by atoms with Crippen molar-refractivity contribution in [3.8, 4) is 11.1 Å². The van der Waals surface area contributed by atoms with Gasteiger partial charge in [0.1, 0.15) is 11.3 Å². The van der Waals surface area contributed by atoms with Gasteiger partial charge < -0.3 is 8.97 Å². The lowest BCUT2D eigenvalue weighted by molar-refractivity contribution is 0.0987. The van der Waals surface area contributed by atoms with Crippen molar-refractivity contribution in [3.63, 3.8) is 0 Å². The highest BCUT2D eigenvalue weighted by Crippen LogP contribution is 2.26. The lowest BCUT2D eigenvalue weighted by atomic mass is 9.98. The van der Waals surface area contributed by atoms with Crippen molar-refractivity contribution in [2.24, 2.45) is 7.05 Å². The monoisotopic (exact) mass is 344 g/mol. The summed E-state index contributed by atoms with van der Waals surface area (Å²) >= 11 is 0. The molecule has 4 aromatic rings. The molecule has 3 heterocycles. The van der Waals surface area contributed by atoms with Crippen LogP contribution >= 0.6 is 0 Å². The van der Waals surface area contributed by atoms with Crippen molar-refractivity contribution in [1.82, 2.24) is 18.9 Å². The van der Waals surface area contributed by atoms with Crippen LogP contribution in [0.1, 0.15) is 27.3 Å². The van der Waals surface area contributed by atoms with Crippen LogP contribution in [-0.4, -0.2) is 24.7 Å². The summed E-state index contributed by atoms with van der Waals surface area (Å²) in [6.07, 6.45) is 7.48. The fraction of sp³-hybridized carbons (Fsp3) is 0.190. The van der Waals surface area contributed by atoms with Crippen LogP contribution in [0.25, 0.3) is 16.8 Å². The standard InChI is InChI=1S/C21H20N4O/c1-14-5-4-6-18(15(14)2)16-7-8-21-22-10-17(25(21)11-16)9-20(26)19-12-24(3)13-23-19/h4-8,10-13H,9H2,1-3H3. The number of nitrogens with zero attached hydrogens (tertiary/aromatic N) is 4. The summed E-state index contributed by atoms with van der Waals surface area (Å²) in [6, 6.07) is 10.4. The van der Waals surface area contributed by atoms with Gasteiger partial charge in [-0.1, -0.05) is 18.2 Å². The summed E-state index contributed by atoms with van der Waals surface area (Å²) in [7, 11) is 1.86. The second-order valence-electron chi connectivity index (χ2n) is 6.67. The van der Waals surface area contributed by atoms with E-state index < -0.39 is 0 Å². The Kier molecular flexibility index (Phi) is 3.92. The molecule has 5 heteroatoms. The lowest BCUT2D eigenvalue weighted by Crippen LogP contribution is -2.06. The molecule has 0 N–H and O–H groups in total. The molecule has 0 saturated heterocycles. The zero-order chi connectivity index (χ0) is 18.3. The number of imidazole rings is 2. The third kappa shape index (κ3) is 2.81. The maximum absolute atomic E-state index is 12.5. The number of pyridine rings is 1. The number of carbonyl (C=O) groups excluding carboxylic acids is 1. The van der Waals surface area contributed by atoms with E-state index in [0.29, 0.717) is 5.69 Å². The van der Waals surface area contributed by atoms with Crippen molar-refractivity contribution >= 4 is 11.4 Å². The van der Waals surface area contributed by atoms with E-state index in [2.05, 4.69) is 54.3 Å². The van der Waals surface area contributed by atoms with Crippen molar-refractivity contribution in [2.75, 3.05) is 0 Å². The van der Waals surface area contributed by atoms with E-state index >= 15 is 0 Å². The molecule has 5 nitrogen and oxygen atoms in total. The molecule has 0 aliphatic carbocycles. The Hall–Kier alpha value is -3.21. The van der Waals surface area contributed by atoms with E-state index in [1.165, 1.54) is 16.7 Å². The molecule has 0 atom stereocenters. The first-order valence-corrected chi connectivity index (χ1v) is 8.56. The van der Waals surface area contributed by atoms with Crippen molar-refractivity contribution in [3.05, 3.63) is 77.8 Å². The highest BCUT2D eigenvalue weighted by Gasteiger charge is 2.14. The van der Waals surface area contributed by atoms with E-state index in [-0.39, 0.29) is 12.2 Å². The minimum atomic E-state index is -0.00969. The largest absolute Gasteiger partial charge is 0.340 e. The fourth-order valence-electron chi connectivity index (χ4n) is 3.20. The van der Waals surface area contributed by atoms with Gasteiger partial charge in [-0.2, -0.15) is 0 Å². The van der Waals surface area contributed by atoms with Crippen molar-refractivity contribution in [1.29, 1.82) is 0 Å². The van der Waals surface area contributed by atoms with Gasteiger partial charge in [-0.25, -0.2) is 9.97 Å². The van der Waals surface area contributed by atoms with E-state index in [1.807, 2.05) is 17.5 Å². The van der Waals surface area contributed by atoms with E-state index in [0.717, 1.165) is 16.9 Å². The van der Waals surface area contributed by atoms with Gasteiger partial charge in [0, 0.05) is 25.6 Å². The molecule has 0 aliphatic rings. The molecule has 26 heavy (non-hydrogen) atoms. The molecule has 0 spiro atoms. The van der Waals surface area contributed by atoms with Crippen LogP contribution in [0.15, 0.2) is 55.2 Å². The Labute approximate surface area is 152 Å². The molecular weight excluding hydrogens is 324 g/mol. The summed E-state index contributed by atoms with van der Waals surface area (Å²) < 4.78 is 3.78. The molecule has 130 valence electrons. The van der Waals surface area contributed by atoms with E-state index in [4.69, 9.17) is 0 Å². The van der Waals surface area contributed by atoms with Gasteiger partial charge in [0.15, 0.2) is 5.78 Å². The van der Waals surface area contributed by atoms with Crippen molar-refractivity contribution < 1.29 is 4.79 Å². The van der Waals surface area contributed by atoms with Gasteiger partial charge in [0.05, 0.1) is 18.4 Å². The topological polar surface area (TPSA) is 52.2 Å². The number of benzene rings is 1. The average molecular weight is 344 g/mol. The number of hydrogen-bond acceptors (Lipinski definition) is 3. The summed E-state index contributed by atoms with van der Waals surface area (Å²) in [5, 5.41) is 0. The Morgan fingerprint density at radius 3 is 2.69 bits per heavy atom. The fourth-order valence-corrected chi connectivity index (χ4v) is 3.20. The zero-order valence-electron chi connectivity index (χ0n) is 15.1. The zero-order valence-corrected chi connectivity index (χ0v) is 15.1. The molecule has 0 aliphatic heterocycles. The molecule has 4 rings (SSSR count). The van der Waals surface area contributed by atoms with Gasteiger partial charge in [0.2, 0.25) is 0 Å². The number of rotatable bonds is 4. The minimum Gasteiger partial charge on any atom is -0.340 e. The van der Waals surface area contributed by atoms with Crippen LogP contribution in [-0.2, 0) is 13.5 Å². The van der Waals surface area contributed by atoms with Crippen LogP contribution in [0, 0.1) is 13.8 Å². The number of carbonyl (C=O) groups is 1. The smallest absolute Gasteiger partial charge is 0.188 e. The van der Waals surface area contributed by atoms with Gasteiger partial charge >= 0.3 is 0 Å². The summed E-state index contributed by atoms with van der Waals surface area (Å²) in [4.78, 5) is 21.1. The van der Waals surface area contributed by atoms with Crippen LogP contribution in [0.5, 0.6) is 0 Å². The van der Waals surface area contributed by atoms with Gasteiger partial charge in [-0.15, -0.1) is 0 Å². The second kappa shape index (κ2) is 6.26.